The van der Waals surface area contributed by atoms with Crippen LogP contribution in [0.3, 0.4) is 0 Å². The third-order valence-corrected chi connectivity index (χ3v) is 8.45. The van der Waals surface area contributed by atoms with Crippen molar-refractivity contribution in [3.8, 4) is 11.5 Å². The fraction of sp³-hybridized carbons (Fsp3) is 0.308. The molecule has 1 fully saturated rings. The Bertz CT molecular complexity index is 2090. The highest BCUT2D eigenvalue weighted by atomic mass is 32.2. The lowest BCUT2D eigenvalue weighted by molar-refractivity contribution is -0.154. The number of thiazole rings is 1. The van der Waals surface area contributed by atoms with Gasteiger partial charge in [0.1, 0.15) is 42.3 Å². The Labute approximate surface area is 283 Å². The minimum atomic E-state index is -5.23. The van der Waals surface area contributed by atoms with Gasteiger partial charge in [-0.25, -0.2) is 9.29 Å². The summed E-state index contributed by atoms with van der Waals surface area (Å²) >= 11 is 0.888. The maximum atomic E-state index is 13.5. The topological polar surface area (TPSA) is 335 Å². The molecule has 3 aromatic rings. The minimum Gasteiger partial charge on any atom is -0.503 e. The Balaban J connectivity index is 1.52. The quantitative estimate of drug-likeness (QED) is 0.0230. The van der Waals surface area contributed by atoms with E-state index in [2.05, 4.69) is 25.8 Å². The molecule has 3 amide bonds. The van der Waals surface area contributed by atoms with Crippen molar-refractivity contribution < 1.29 is 57.1 Å². The van der Waals surface area contributed by atoms with Crippen LogP contribution in [-0.2, 0) is 34.3 Å². The summed E-state index contributed by atoms with van der Waals surface area (Å²) in [5.41, 5.74) is 2.69. The van der Waals surface area contributed by atoms with Crippen LogP contribution in [0.5, 0.6) is 11.5 Å². The van der Waals surface area contributed by atoms with Crippen LogP contribution >= 0.6 is 11.3 Å². The number of β-lactam (4-membered cyclic amide) rings is 1. The number of aromatic nitrogens is 3. The van der Waals surface area contributed by atoms with Gasteiger partial charge in [-0.05, 0) is 5.92 Å². The van der Waals surface area contributed by atoms with Gasteiger partial charge < -0.3 is 46.3 Å². The van der Waals surface area contributed by atoms with E-state index in [1.54, 1.807) is 13.8 Å². The molecule has 1 aliphatic rings. The fourth-order valence-corrected chi connectivity index (χ4v) is 5.79. The van der Waals surface area contributed by atoms with Crippen LogP contribution in [0.4, 0.5) is 5.13 Å². The van der Waals surface area contributed by atoms with Gasteiger partial charge in [0, 0.05) is 23.7 Å². The van der Waals surface area contributed by atoms with Gasteiger partial charge in [0.25, 0.3) is 17.7 Å². The van der Waals surface area contributed by atoms with Gasteiger partial charge in [0.05, 0.1) is 6.20 Å². The molecule has 0 bridgehead atoms. The molecular weight excluding hydrogens is 712 g/mol. The SMILES string of the molecule is CC(C)C(O/N=C(\C(=O)N[C@@H]1C(=O)N(S(=O)(=O)O)[C@@H]1COC(=O)CNC(=O)c1cc(=O)c(O)c[nH]1)c1csc(N)n1)c1cc(=O)c(O)cn1O. The summed E-state index contributed by atoms with van der Waals surface area (Å²) in [5.74, 6) is -6.58. The number of nitrogens with one attached hydrogen (secondary N) is 3. The van der Waals surface area contributed by atoms with Crippen molar-refractivity contribution >= 4 is 56.2 Å². The average Bonchev–Trinajstić information content (AvgIpc) is 3.46. The van der Waals surface area contributed by atoms with E-state index in [0.29, 0.717) is 4.73 Å². The first kappa shape index (κ1) is 36.8. The number of rotatable bonds is 13. The lowest BCUT2D eigenvalue weighted by Gasteiger charge is -2.43. The van der Waals surface area contributed by atoms with Gasteiger partial charge in [0.15, 0.2) is 28.4 Å². The van der Waals surface area contributed by atoms with Crippen LogP contribution in [0.15, 0.2) is 44.7 Å². The van der Waals surface area contributed by atoms with Crippen molar-refractivity contribution in [3.05, 3.63) is 67.4 Å². The van der Waals surface area contributed by atoms with E-state index in [0.717, 1.165) is 35.9 Å². The molecule has 4 heterocycles. The summed E-state index contributed by atoms with van der Waals surface area (Å²) < 4.78 is 38.7. The number of hydrogen-bond acceptors (Lipinski definition) is 17. The van der Waals surface area contributed by atoms with Crippen molar-refractivity contribution in [3.63, 3.8) is 0 Å². The summed E-state index contributed by atoms with van der Waals surface area (Å²) in [4.78, 5) is 86.1. The van der Waals surface area contributed by atoms with E-state index < -0.39 is 99.3 Å². The number of nitrogens with two attached hydrogens (primary N) is 1. The molecule has 0 aromatic carbocycles. The van der Waals surface area contributed by atoms with Crippen LogP contribution in [-0.4, -0.2) is 102 Å². The predicted molar refractivity (Wildman–Crippen MR) is 167 cm³/mol. The number of amides is 3. The first-order chi connectivity index (χ1) is 23.4. The monoisotopic (exact) mass is 740 g/mol. The fourth-order valence-electron chi connectivity index (χ4n) is 4.38. The first-order valence-corrected chi connectivity index (χ1v) is 16.2. The largest absolute Gasteiger partial charge is 0.503 e. The van der Waals surface area contributed by atoms with E-state index >= 15 is 0 Å². The highest BCUT2D eigenvalue weighted by Gasteiger charge is 2.55. The van der Waals surface area contributed by atoms with Gasteiger partial charge in [-0.1, -0.05) is 19.0 Å². The summed E-state index contributed by atoms with van der Waals surface area (Å²) in [6.45, 7) is 1.49. The molecule has 1 aliphatic heterocycles. The summed E-state index contributed by atoms with van der Waals surface area (Å²) in [7, 11) is -5.23. The van der Waals surface area contributed by atoms with Crippen LogP contribution in [0.1, 0.15) is 41.8 Å². The highest BCUT2D eigenvalue weighted by molar-refractivity contribution is 7.84. The number of hydrogen-bond donors (Lipinski definition) is 8. The minimum absolute atomic E-state index is 0.0189. The van der Waals surface area contributed by atoms with Crippen molar-refractivity contribution in [2.24, 2.45) is 11.1 Å². The molecule has 0 radical (unpaired) electrons. The lowest BCUT2D eigenvalue weighted by Crippen LogP contribution is -2.73. The van der Waals surface area contributed by atoms with Crippen molar-refractivity contribution in [1.82, 2.24) is 29.6 Å². The van der Waals surface area contributed by atoms with Crippen LogP contribution in [0.25, 0.3) is 0 Å². The summed E-state index contributed by atoms with van der Waals surface area (Å²) in [6, 6.07) is -1.80. The maximum Gasteiger partial charge on any atom is 0.362 e. The molecule has 3 atom stereocenters. The van der Waals surface area contributed by atoms with Gasteiger partial charge in [-0.2, -0.15) is 13.1 Å². The van der Waals surface area contributed by atoms with E-state index in [-0.39, 0.29) is 26.5 Å². The molecule has 268 valence electrons. The number of pyridine rings is 2. The van der Waals surface area contributed by atoms with Crippen molar-refractivity contribution in [1.29, 1.82) is 0 Å². The predicted octanol–water partition coefficient (Wildman–Crippen LogP) is -2.19. The number of aromatic hydroxyl groups is 2. The van der Waals surface area contributed by atoms with E-state index in [1.165, 1.54) is 5.38 Å². The zero-order valence-corrected chi connectivity index (χ0v) is 27.3. The maximum absolute atomic E-state index is 13.5. The van der Waals surface area contributed by atoms with Crippen molar-refractivity contribution in [2.45, 2.75) is 32.0 Å². The van der Waals surface area contributed by atoms with E-state index in [4.69, 9.17) is 15.3 Å². The molecule has 0 saturated carbocycles. The number of H-pyrrole nitrogens is 1. The third kappa shape index (κ3) is 8.16. The van der Waals surface area contributed by atoms with Gasteiger partial charge >= 0.3 is 16.3 Å². The molecule has 3 aromatic heterocycles. The third-order valence-electron chi connectivity index (χ3n) is 6.82. The van der Waals surface area contributed by atoms with Gasteiger partial charge in [-0.15, -0.1) is 11.3 Å². The number of carbonyl (C=O) groups is 4. The second-order valence-electron chi connectivity index (χ2n) is 10.7. The Morgan fingerprint density at radius 1 is 1.16 bits per heavy atom. The zero-order valence-electron chi connectivity index (χ0n) is 25.7. The Morgan fingerprint density at radius 2 is 1.84 bits per heavy atom. The van der Waals surface area contributed by atoms with Gasteiger partial charge in [0.2, 0.25) is 10.9 Å². The molecule has 9 N–H and O–H groups in total. The van der Waals surface area contributed by atoms with Crippen LogP contribution in [0.2, 0.25) is 0 Å². The molecule has 0 spiro atoms. The molecular formula is C26H28N8O14S2. The van der Waals surface area contributed by atoms with E-state index in [1.807, 2.05) is 0 Å². The number of nitrogen functional groups attached to an aromatic ring is 1. The van der Waals surface area contributed by atoms with Crippen LogP contribution in [0, 0.1) is 5.92 Å². The first-order valence-electron chi connectivity index (χ1n) is 14.0. The highest BCUT2D eigenvalue weighted by Crippen LogP contribution is 2.27. The molecule has 1 saturated heterocycles. The van der Waals surface area contributed by atoms with Gasteiger partial charge in [-0.3, -0.25) is 33.3 Å². The van der Waals surface area contributed by atoms with Crippen molar-refractivity contribution in [2.75, 3.05) is 18.9 Å². The number of oxime groups is 1. The van der Waals surface area contributed by atoms with E-state index in [9.17, 15) is 57.2 Å². The molecule has 22 nitrogen and oxygen atoms in total. The standard InChI is InChI=1S/C26H28N8O14S2/c1-10(2)22(13-4-16(36)18(38)7-33(13)43)48-32-20(12-9-49-26(27)30-12)24(41)31-21-14(34(25(21)42)50(44,45)46)8-47-19(39)6-29-23(40)11-3-15(35)17(37)5-28-11/h3-5,7,9-10,14,21-22,37-38,43H,6,8H2,1-2H3,(H2,27,30)(H,28,35)(H,29,40)(H,31,41)(H,44,45,46)/b32-20-/t14-,21+,22?/m1/s1. The Hall–Kier alpha value is -6.01. The normalized spacial score (nSPS) is 16.8. The average molecular weight is 741 g/mol. The number of nitrogens with zero attached hydrogens (tertiary/aromatic N) is 4. The number of aromatic amines is 1. The molecule has 1 unspecified atom stereocenters. The Kier molecular flexibility index (Phi) is 10.8. The second-order valence-corrected chi connectivity index (χ2v) is 12.8. The molecule has 50 heavy (non-hydrogen) atoms. The number of esters is 1. The smallest absolute Gasteiger partial charge is 0.362 e. The molecule has 24 heteroatoms. The molecule has 0 aliphatic carbocycles. The summed E-state index contributed by atoms with van der Waals surface area (Å²) in [5, 5.41) is 38.6. The molecule has 4 rings (SSSR count). The van der Waals surface area contributed by atoms with Crippen LogP contribution < -0.4 is 27.2 Å². The summed E-state index contributed by atoms with van der Waals surface area (Å²) in [6.07, 6.45) is 0.351. The number of anilines is 1. The number of carbonyl (C=O) groups excluding carboxylic acids is 4. The lowest BCUT2D eigenvalue weighted by atomic mass is 9.99. The zero-order chi connectivity index (χ0) is 37.1. The number of ether oxygens (including phenoxy) is 1. The Morgan fingerprint density at radius 3 is 2.44 bits per heavy atom. The second kappa shape index (κ2) is 14.6.